The number of carbonyl (C=O) groups is 1. The quantitative estimate of drug-likeness (QED) is 0.714. The van der Waals surface area contributed by atoms with Crippen molar-refractivity contribution in [2.45, 2.75) is 38.6 Å². The van der Waals surface area contributed by atoms with Gasteiger partial charge < -0.3 is 5.32 Å². The number of aromatic nitrogens is 1. The number of hydrogen-bond acceptors (Lipinski definition) is 5. The van der Waals surface area contributed by atoms with E-state index in [1.54, 1.807) is 0 Å². The molecule has 2 heterocycles. The predicted molar refractivity (Wildman–Crippen MR) is 113 cm³/mol. The van der Waals surface area contributed by atoms with Crippen molar-refractivity contribution in [1.82, 2.24) is 14.6 Å². The molecule has 0 unspecified atom stereocenters. The fourth-order valence-electron chi connectivity index (χ4n) is 3.26. The van der Waals surface area contributed by atoms with Gasteiger partial charge in [-0.3, -0.25) is 4.79 Å². The summed E-state index contributed by atoms with van der Waals surface area (Å²) in [4.78, 5) is 16.9. The van der Waals surface area contributed by atoms with E-state index in [4.69, 9.17) is 11.6 Å². The number of thiazole rings is 1. The van der Waals surface area contributed by atoms with Gasteiger partial charge in [0.2, 0.25) is 15.9 Å². The van der Waals surface area contributed by atoms with Crippen molar-refractivity contribution >= 4 is 38.9 Å². The summed E-state index contributed by atoms with van der Waals surface area (Å²) in [5, 5.41) is 6.31. The Hall–Kier alpha value is -1.48. The molecule has 1 aromatic carbocycles. The molecule has 0 spiro atoms. The minimum absolute atomic E-state index is 0.00208. The third kappa shape index (κ3) is 5.31. The highest BCUT2D eigenvalue weighted by Gasteiger charge is 2.28. The first kappa shape index (κ1) is 21.2. The molecule has 0 bridgehead atoms. The molecule has 2 aromatic rings. The van der Waals surface area contributed by atoms with Gasteiger partial charge in [0.15, 0.2) is 0 Å². The van der Waals surface area contributed by atoms with Gasteiger partial charge in [-0.25, -0.2) is 17.7 Å². The van der Waals surface area contributed by atoms with Gasteiger partial charge in [0.25, 0.3) is 0 Å². The molecule has 1 N–H and O–H groups in total. The number of amides is 1. The van der Waals surface area contributed by atoms with Crippen molar-refractivity contribution in [3.63, 3.8) is 0 Å². The highest BCUT2D eigenvalue weighted by molar-refractivity contribution is 7.89. The van der Waals surface area contributed by atoms with Gasteiger partial charge in [-0.15, -0.1) is 11.3 Å². The van der Waals surface area contributed by atoms with Gasteiger partial charge in [-0.2, -0.15) is 0 Å². The van der Waals surface area contributed by atoms with E-state index in [1.165, 1.54) is 15.6 Å². The van der Waals surface area contributed by atoms with E-state index in [9.17, 15) is 13.2 Å². The summed E-state index contributed by atoms with van der Waals surface area (Å²) >= 11 is 7.67. The third-order valence-electron chi connectivity index (χ3n) is 4.67. The summed E-state index contributed by atoms with van der Waals surface area (Å²) in [6.07, 6.45) is 2.09. The standard InChI is InChI=1S/C19H24ClN3O3S2/c1-2-11-28(25,26)23-9-7-14(8-10-23)21-18(24)12-15-13-27-19(22-15)16-5-3-4-6-17(16)20/h3-6,13-14H,2,7-12H2,1H3,(H,21,24). The number of piperidine rings is 1. The van der Waals surface area contributed by atoms with Crippen LogP contribution in [0.25, 0.3) is 10.6 Å². The summed E-state index contributed by atoms with van der Waals surface area (Å²) < 4.78 is 25.8. The number of nitrogens with one attached hydrogen (secondary N) is 1. The van der Waals surface area contributed by atoms with Crippen molar-refractivity contribution in [1.29, 1.82) is 0 Å². The molecule has 1 aliphatic heterocycles. The van der Waals surface area contributed by atoms with Crippen LogP contribution in [0.15, 0.2) is 29.6 Å². The first-order valence-corrected chi connectivity index (χ1v) is 12.2. The number of sulfonamides is 1. The molecule has 0 radical (unpaired) electrons. The average molecular weight is 442 g/mol. The van der Waals surface area contributed by atoms with Crippen molar-refractivity contribution in [3.05, 3.63) is 40.4 Å². The Kier molecular flexibility index (Phi) is 7.09. The minimum atomic E-state index is -3.16. The average Bonchev–Trinajstić information content (AvgIpc) is 3.10. The van der Waals surface area contributed by atoms with Gasteiger partial charge in [0, 0.05) is 30.1 Å². The fourth-order valence-corrected chi connectivity index (χ4v) is 5.94. The monoisotopic (exact) mass is 441 g/mol. The lowest BCUT2D eigenvalue weighted by Crippen LogP contribution is -2.47. The van der Waals surface area contributed by atoms with Crippen LogP contribution in [-0.2, 0) is 21.2 Å². The zero-order chi connectivity index (χ0) is 20.1. The highest BCUT2D eigenvalue weighted by atomic mass is 35.5. The summed E-state index contributed by atoms with van der Waals surface area (Å²) in [5.74, 6) is 0.0904. The molecular formula is C19H24ClN3O3S2. The molecular weight excluding hydrogens is 418 g/mol. The maximum atomic E-state index is 12.4. The molecule has 1 saturated heterocycles. The second kappa shape index (κ2) is 9.35. The van der Waals surface area contributed by atoms with Crippen LogP contribution in [0.3, 0.4) is 0 Å². The van der Waals surface area contributed by atoms with Crippen LogP contribution >= 0.6 is 22.9 Å². The van der Waals surface area contributed by atoms with E-state index in [-0.39, 0.29) is 24.1 Å². The summed E-state index contributed by atoms with van der Waals surface area (Å²) in [7, 11) is -3.16. The smallest absolute Gasteiger partial charge is 0.226 e. The van der Waals surface area contributed by atoms with E-state index in [2.05, 4.69) is 10.3 Å². The SMILES string of the molecule is CCCS(=O)(=O)N1CCC(NC(=O)Cc2csc(-c3ccccc3Cl)n2)CC1. The predicted octanol–water partition coefficient (Wildman–Crippen LogP) is 3.33. The van der Waals surface area contributed by atoms with Gasteiger partial charge in [0.1, 0.15) is 5.01 Å². The van der Waals surface area contributed by atoms with Gasteiger partial charge >= 0.3 is 0 Å². The number of halogens is 1. The van der Waals surface area contributed by atoms with Crippen LogP contribution in [0.5, 0.6) is 0 Å². The second-order valence-corrected chi connectivity index (χ2v) is 10.2. The van der Waals surface area contributed by atoms with E-state index in [0.717, 1.165) is 10.6 Å². The van der Waals surface area contributed by atoms with Crippen molar-refractivity contribution in [2.75, 3.05) is 18.8 Å². The van der Waals surface area contributed by atoms with Crippen LogP contribution in [0.4, 0.5) is 0 Å². The molecule has 1 aliphatic rings. The molecule has 0 aliphatic carbocycles. The number of hydrogen-bond donors (Lipinski definition) is 1. The van der Waals surface area contributed by atoms with Crippen LogP contribution in [0, 0.1) is 0 Å². The Morgan fingerprint density at radius 3 is 2.71 bits per heavy atom. The van der Waals surface area contributed by atoms with Crippen molar-refractivity contribution < 1.29 is 13.2 Å². The van der Waals surface area contributed by atoms with Gasteiger partial charge in [-0.05, 0) is 25.3 Å². The lowest BCUT2D eigenvalue weighted by molar-refractivity contribution is -0.121. The zero-order valence-corrected chi connectivity index (χ0v) is 18.1. The molecule has 9 heteroatoms. The molecule has 6 nitrogen and oxygen atoms in total. The summed E-state index contributed by atoms with van der Waals surface area (Å²) in [6, 6.07) is 7.50. The Morgan fingerprint density at radius 1 is 1.32 bits per heavy atom. The number of benzene rings is 1. The van der Waals surface area contributed by atoms with E-state index >= 15 is 0 Å². The Balaban J connectivity index is 1.51. The van der Waals surface area contributed by atoms with Crippen LogP contribution < -0.4 is 5.32 Å². The molecule has 3 rings (SSSR count). The Morgan fingerprint density at radius 2 is 2.04 bits per heavy atom. The lowest BCUT2D eigenvalue weighted by atomic mass is 10.1. The third-order valence-corrected chi connectivity index (χ3v) is 8.00. The maximum absolute atomic E-state index is 12.4. The lowest BCUT2D eigenvalue weighted by Gasteiger charge is -2.31. The first-order valence-electron chi connectivity index (χ1n) is 9.35. The number of carbonyl (C=O) groups excluding carboxylic acids is 1. The maximum Gasteiger partial charge on any atom is 0.226 e. The molecule has 0 atom stereocenters. The van der Waals surface area contributed by atoms with Crippen LogP contribution in [0.2, 0.25) is 5.02 Å². The van der Waals surface area contributed by atoms with E-state index in [1.807, 2.05) is 36.6 Å². The highest BCUT2D eigenvalue weighted by Crippen LogP contribution is 2.30. The molecule has 28 heavy (non-hydrogen) atoms. The van der Waals surface area contributed by atoms with E-state index < -0.39 is 10.0 Å². The molecule has 1 amide bonds. The molecule has 152 valence electrons. The molecule has 1 aromatic heterocycles. The van der Waals surface area contributed by atoms with Gasteiger partial charge in [-0.1, -0.05) is 36.7 Å². The topological polar surface area (TPSA) is 79.4 Å². The normalized spacial score (nSPS) is 16.2. The van der Waals surface area contributed by atoms with Crippen LogP contribution in [0.1, 0.15) is 31.9 Å². The Labute approximate surface area is 175 Å². The largest absolute Gasteiger partial charge is 0.353 e. The fraction of sp³-hybridized carbons (Fsp3) is 0.474. The van der Waals surface area contributed by atoms with Crippen molar-refractivity contribution in [3.8, 4) is 10.6 Å². The van der Waals surface area contributed by atoms with Crippen LogP contribution in [-0.4, -0.2) is 48.5 Å². The van der Waals surface area contributed by atoms with Crippen molar-refractivity contribution in [2.24, 2.45) is 0 Å². The first-order chi connectivity index (χ1) is 13.4. The number of rotatable bonds is 7. The van der Waals surface area contributed by atoms with Gasteiger partial charge in [0.05, 0.1) is 22.9 Å². The Bertz CT molecular complexity index is 922. The minimum Gasteiger partial charge on any atom is -0.353 e. The summed E-state index contributed by atoms with van der Waals surface area (Å²) in [5.41, 5.74) is 1.57. The second-order valence-electron chi connectivity index (χ2n) is 6.86. The molecule has 0 saturated carbocycles. The zero-order valence-electron chi connectivity index (χ0n) is 15.7. The summed E-state index contributed by atoms with van der Waals surface area (Å²) in [6.45, 7) is 2.78. The molecule has 1 fully saturated rings. The van der Waals surface area contributed by atoms with E-state index in [0.29, 0.717) is 43.1 Å². The number of nitrogens with zero attached hydrogens (tertiary/aromatic N) is 2.